The van der Waals surface area contributed by atoms with Gasteiger partial charge in [0.25, 0.3) is 5.91 Å². The summed E-state index contributed by atoms with van der Waals surface area (Å²) < 4.78 is 5.78. The van der Waals surface area contributed by atoms with E-state index in [2.05, 4.69) is 5.32 Å². The van der Waals surface area contributed by atoms with Gasteiger partial charge in [-0.15, -0.1) is 22.9 Å². The van der Waals surface area contributed by atoms with E-state index < -0.39 is 6.09 Å². The maximum absolute atomic E-state index is 13.4. The highest BCUT2D eigenvalue weighted by Crippen LogP contribution is 2.46. The molecule has 0 bridgehead atoms. The van der Waals surface area contributed by atoms with Gasteiger partial charge in [-0.1, -0.05) is 24.3 Å². The standard InChI is InChI=1S/C24H24ClN3O4S/c1-26-9-10-27(2)24(31)32-20-11-19-22(18-6-4-3-5-17(18)20)15(12-25)13-28(19)23(30)21-8-7-16(14-29)33-21/h3-8,11,14-15,26H,9-10,12-13H2,1-2H3. The van der Waals surface area contributed by atoms with E-state index in [1.165, 1.54) is 4.90 Å². The molecule has 1 N–H and O–H groups in total. The van der Waals surface area contributed by atoms with Gasteiger partial charge in [0.05, 0.1) is 15.4 Å². The first kappa shape index (κ1) is 23.2. The van der Waals surface area contributed by atoms with Crippen molar-refractivity contribution in [2.75, 3.05) is 44.5 Å². The molecule has 0 saturated heterocycles. The normalized spacial score (nSPS) is 14.9. The summed E-state index contributed by atoms with van der Waals surface area (Å²) in [5, 5.41) is 4.69. The topological polar surface area (TPSA) is 79.0 Å². The van der Waals surface area contributed by atoms with Gasteiger partial charge < -0.3 is 19.9 Å². The number of halogens is 1. The van der Waals surface area contributed by atoms with Crippen LogP contribution in [0.2, 0.25) is 0 Å². The van der Waals surface area contributed by atoms with E-state index in [9.17, 15) is 14.4 Å². The Hall–Kier alpha value is -2.94. The van der Waals surface area contributed by atoms with Crippen LogP contribution >= 0.6 is 22.9 Å². The van der Waals surface area contributed by atoms with E-state index in [0.717, 1.165) is 34.0 Å². The van der Waals surface area contributed by atoms with Crippen molar-refractivity contribution >= 4 is 57.7 Å². The van der Waals surface area contributed by atoms with Crippen molar-refractivity contribution in [1.29, 1.82) is 0 Å². The Labute approximate surface area is 200 Å². The molecule has 0 fully saturated rings. The van der Waals surface area contributed by atoms with Crippen LogP contribution in [0.3, 0.4) is 0 Å². The van der Waals surface area contributed by atoms with Crippen molar-refractivity contribution in [3.8, 4) is 5.75 Å². The number of carbonyl (C=O) groups is 3. The first-order chi connectivity index (χ1) is 16.0. The zero-order valence-electron chi connectivity index (χ0n) is 18.3. The number of rotatable bonds is 7. The molecule has 1 aliphatic heterocycles. The van der Waals surface area contributed by atoms with Crippen LogP contribution in [0.25, 0.3) is 10.8 Å². The summed E-state index contributed by atoms with van der Waals surface area (Å²) in [7, 11) is 3.49. The molecular formula is C24H24ClN3O4S. The van der Waals surface area contributed by atoms with E-state index in [0.29, 0.717) is 46.7 Å². The zero-order valence-corrected chi connectivity index (χ0v) is 19.9. The number of fused-ring (bicyclic) bond motifs is 3. The third-order valence-electron chi connectivity index (χ3n) is 5.72. The minimum absolute atomic E-state index is 0.0657. The molecule has 33 heavy (non-hydrogen) atoms. The summed E-state index contributed by atoms with van der Waals surface area (Å²) >= 11 is 7.46. The lowest BCUT2D eigenvalue weighted by Gasteiger charge is -2.20. The highest BCUT2D eigenvalue weighted by Gasteiger charge is 2.35. The molecule has 3 aromatic rings. The first-order valence-corrected chi connectivity index (χ1v) is 11.9. The molecule has 9 heteroatoms. The molecule has 1 aliphatic rings. The third kappa shape index (κ3) is 4.46. The van der Waals surface area contributed by atoms with E-state index in [1.807, 2.05) is 31.3 Å². The van der Waals surface area contributed by atoms with Crippen molar-refractivity contribution in [2.45, 2.75) is 5.92 Å². The predicted octanol–water partition coefficient (Wildman–Crippen LogP) is 4.35. The molecule has 1 unspecified atom stereocenters. The predicted molar refractivity (Wildman–Crippen MR) is 131 cm³/mol. The average Bonchev–Trinajstić information content (AvgIpc) is 3.47. The number of nitrogens with one attached hydrogen (secondary N) is 1. The van der Waals surface area contributed by atoms with E-state index in [-0.39, 0.29) is 11.8 Å². The van der Waals surface area contributed by atoms with Crippen LogP contribution < -0.4 is 15.0 Å². The van der Waals surface area contributed by atoms with Crippen molar-refractivity contribution in [3.63, 3.8) is 0 Å². The largest absolute Gasteiger partial charge is 0.415 e. The Balaban J connectivity index is 1.77. The average molecular weight is 486 g/mol. The van der Waals surface area contributed by atoms with E-state index in [4.69, 9.17) is 16.3 Å². The maximum atomic E-state index is 13.4. The van der Waals surface area contributed by atoms with Gasteiger partial charge in [0.1, 0.15) is 5.75 Å². The quantitative estimate of drug-likeness (QED) is 0.397. The lowest BCUT2D eigenvalue weighted by atomic mass is 9.95. The molecule has 2 heterocycles. The molecule has 0 spiro atoms. The van der Waals surface area contributed by atoms with Crippen LogP contribution in [0.4, 0.5) is 10.5 Å². The number of carbonyl (C=O) groups excluding carboxylic acids is 3. The number of anilines is 1. The lowest BCUT2D eigenvalue weighted by molar-refractivity contribution is 0.0992. The SMILES string of the molecule is CNCCN(C)C(=O)Oc1cc2c(c3ccccc13)C(CCl)CN2C(=O)c1ccc(C=O)s1. The molecule has 2 amide bonds. The Kier molecular flexibility index (Phi) is 6.97. The zero-order chi connectivity index (χ0) is 23.5. The summed E-state index contributed by atoms with van der Waals surface area (Å²) in [4.78, 5) is 41.3. The second-order valence-corrected chi connectivity index (χ2v) is 9.26. The minimum Gasteiger partial charge on any atom is -0.409 e. The minimum atomic E-state index is -0.478. The van der Waals surface area contributed by atoms with Crippen LogP contribution in [0.5, 0.6) is 5.75 Å². The Morgan fingerprint density at radius 2 is 2.03 bits per heavy atom. The van der Waals surface area contributed by atoms with Crippen LogP contribution in [0, 0.1) is 0 Å². The Morgan fingerprint density at radius 1 is 1.27 bits per heavy atom. The summed E-state index contributed by atoms with van der Waals surface area (Å²) in [6.07, 6.45) is 0.255. The molecule has 172 valence electrons. The fraction of sp³-hybridized carbons (Fsp3) is 0.292. The molecule has 2 aromatic carbocycles. The molecular weight excluding hydrogens is 462 g/mol. The van der Waals surface area contributed by atoms with Crippen molar-refractivity contribution in [3.05, 3.63) is 57.8 Å². The molecule has 1 atom stereocenters. The van der Waals surface area contributed by atoms with Gasteiger partial charge in [-0.2, -0.15) is 0 Å². The van der Waals surface area contributed by atoms with Gasteiger partial charge in [-0.05, 0) is 30.1 Å². The number of thiophene rings is 1. The number of alkyl halides is 1. The maximum Gasteiger partial charge on any atom is 0.415 e. The molecule has 0 radical (unpaired) electrons. The van der Waals surface area contributed by atoms with Gasteiger partial charge in [0.15, 0.2) is 6.29 Å². The van der Waals surface area contributed by atoms with Crippen LogP contribution in [0.1, 0.15) is 30.8 Å². The molecule has 4 rings (SSSR count). The van der Waals surface area contributed by atoms with Crippen molar-refractivity contribution < 1.29 is 19.1 Å². The van der Waals surface area contributed by atoms with Gasteiger partial charge in [-0.25, -0.2) is 4.79 Å². The number of aldehydes is 1. The molecule has 0 saturated carbocycles. The third-order valence-corrected chi connectivity index (χ3v) is 7.09. The monoisotopic (exact) mass is 485 g/mol. The fourth-order valence-corrected chi connectivity index (χ4v) is 5.05. The first-order valence-electron chi connectivity index (χ1n) is 10.5. The number of hydrogen-bond acceptors (Lipinski definition) is 6. The molecule has 1 aromatic heterocycles. The Bertz CT molecular complexity index is 1210. The lowest BCUT2D eigenvalue weighted by Crippen LogP contribution is -2.34. The number of ether oxygens (including phenoxy) is 1. The van der Waals surface area contributed by atoms with Crippen LogP contribution in [-0.4, -0.2) is 62.8 Å². The summed E-state index contributed by atoms with van der Waals surface area (Å²) in [5.41, 5.74) is 1.63. The summed E-state index contributed by atoms with van der Waals surface area (Å²) in [6, 6.07) is 12.7. The fourth-order valence-electron chi connectivity index (χ4n) is 4.02. The Morgan fingerprint density at radius 3 is 2.70 bits per heavy atom. The van der Waals surface area contributed by atoms with Crippen molar-refractivity contribution in [2.24, 2.45) is 0 Å². The van der Waals surface area contributed by atoms with Crippen LogP contribution in [-0.2, 0) is 0 Å². The summed E-state index contributed by atoms with van der Waals surface area (Å²) in [5.74, 6) is 0.458. The number of hydrogen-bond donors (Lipinski definition) is 1. The van der Waals surface area contributed by atoms with Gasteiger partial charge in [-0.3, -0.25) is 9.59 Å². The highest BCUT2D eigenvalue weighted by molar-refractivity contribution is 7.15. The highest BCUT2D eigenvalue weighted by atomic mass is 35.5. The smallest absolute Gasteiger partial charge is 0.409 e. The molecule has 7 nitrogen and oxygen atoms in total. The number of benzene rings is 2. The van der Waals surface area contributed by atoms with Crippen molar-refractivity contribution in [1.82, 2.24) is 10.2 Å². The van der Waals surface area contributed by atoms with Gasteiger partial charge in [0, 0.05) is 49.9 Å². The van der Waals surface area contributed by atoms with E-state index >= 15 is 0 Å². The second kappa shape index (κ2) is 9.91. The van der Waals surface area contributed by atoms with Gasteiger partial charge >= 0.3 is 6.09 Å². The number of nitrogens with zero attached hydrogens (tertiary/aromatic N) is 2. The summed E-state index contributed by atoms with van der Waals surface area (Å²) in [6.45, 7) is 1.55. The number of likely N-dealkylation sites (N-methyl/N-ethyl adjacent to an activating group) is 2. The van der Waals surface area contributed by atoms with Crippen LogP contribution in [0.15, 0.2) is 42.5 Å². The van der Waals surface area contributed by atoms with E-state index in [1.54, 1.807) is 30.1 Å². The number of amides is 2. The molecule has 0 aliphatic carbocycles. The van der Waals surface area contributed by atoms with Gasteiger partial charge in [0.2, 0.25) is 0 Å². The second-order valence-electron chi connectivity index (χ2n) is 7.83.